The normalized spacial score (nSPS) is 11.2. The highest BCUT2D eigenvalue weighted by Gasteiger charge is 2.24. The van der Waals surface area contributed by atoms with Crippen molar-refractivity contribution in [2.24, 2.45) is 0 Å². The van der Waals surface area contributed by atoms with Crippen LogP contribution < -0.4 is 9.62 Å². The van der Waals surface area contributed by atoms with Gasteiger partial charge in [-0.2, -0.15) is 0 Å². The first-order valence-electron chi connectivity index (χ1n) is 7.38. The zero-order valence-corrected chi connectivity index (χ0v) is 15.6. The molecule has 2 rings (SSSR count). The molecule has 2 aromatic carbocycles. The van der Waals surface area contributed by atoms with Gasteiger partial charge in [0, 0.05) is 5.69 Å². The maximum atomic E-state index is 13.2. The third-order valence-electron chi connectivity index (χ3n) is 3.58. The summed E-state index contributed by atoms with van der Waals surface area (Å²) in [6, 6.07) is 9.10. The van der Waals surface area contributed by atoms with Crippen molar-refractivity contribution in [3.63, 3.8) is 0 Å². The summed E-state index contributed by atoms with van der Waals surface area (Å²) in [5.41, 5.74) is 2.23. The third kappa shape index (κ3) is 4.70. The average Bonchev–Trinajstić information content (AvgIpc) is 2.49. The molecule has 0 saturated heterocycles. The maximum absolute atomic E-state index is 13.2. The van der Waals surface area contributed by atoms with E-state index in [1.807, 2.05) is 6.07 Å². The largest absolute Gasteiger partial charge is 0.324 e. The Morgan fingerprint density at radius 3 is 2.32 bits per heavy atom. The zero-order chi connectivity index (χ0) is 18.8. The Kier molecular flexibility index (Phi) is 5.69. The van der Waals surface area contributed by atoms with Crippen LogP contribution in [0.1, 0.15) is 11.1 Å². The van der Waals surface area contributed by atoms with Gasteiger partial charge >= 0.3 is 0 Å². The predicted molar refractivity (Wildman–Crippen MR) is 98.1 cm³/mol. The summed E-state index contributed by atoms with van der Waals surface area (Å²) >= 11 is 5.68. The Labute approximate surface area is 151 Å². The fraction of sp³-hybridized carbons (Fsp3) is 0.235. The lowest BCUT2D eigenvalue weighted by Crippen LogP contribution is -2.38. The minimum absolute atomic E-state index is 0.132. The topological polar surface area (TPSA) is 66.5 Å². The number of halogens is 2. The van der Waals surface area contributed by atoms with Gasteiger partial charge in [0.15, 0.2) is 0 Å². The molecule has 0 aromatic heterocycles. The zero-order valence-electron chi connectivity index (χ0n) is 14.0. The van der Waals surface area contributed by atoms with Crippen molar-refractivity contribution in [3.8, 4) is 0 Å². The Bertz CT molecular complexity index is 896. The Hall–Kier alpha value is -2.12. The van der Waals surface area contributed by atoms with Crippen molar-refractivity contribution < 1.29 is 17.6 Å². The molecule has 0 heterocycles. The molecule has 0 atom stereocenters. The molecule has 134 valence electrons. The molecule has 0 fully saturated rings. The van der Waals surface area contributed by atoms with Gasteiger partial charge in [0.1, 0.15) is 12.4 Å². The fourth-order valence-corrected chi connectivity index (χ4v) is 3.62. The molecule has 25 heavy (non-hydrogen) atoms. The maximum Gasteiger partial charge on any atom is 0.245 e. The molecule has 8 heteroatoms. The molecule has 0 radical (unpaired) electrons. The van der Waals surface area contributed by atoms with E-state index >= 15 is 0 Å². The number of benzene rings is 2. The van der Waals surface area contributed by atoms with E-state index in [2.05, 4.69) is 5.32 Å². The Morgan fingerprint density at radius 2 is 1.80 bits per heavy atom. The van der Waals surface area contributed by atoms with Crippen LogP contribution in [0.15, 0.2) is 36.4 Å². The highest BCUT2D eigenvalue weighted by molar-refractivity contribution is 7.92. The van der Waals surface area contributed by atoms with E-state index in [1.54, 1.807) is 26.0 Å². The number of nitrogens with one attached hydrogen (secondary N) is 1. The first kappa shape index (κ1) is 19.2. The molecule has 0 aliphatic heterocycles. The lowest BCUT2D eigenvalue weighted by molar-refractivity contribution is -0.114. The fourth-order valence-electron chi connectivity index (χ4n) is 2.47. The van der Waals surface area contributed by atoms with Crippen LogP contribution >= 0.6 is 11.6 Å². The van der Waals surface area contributed by atoms with Crippen LogP contribution in [0.4, 0.5) is 15.8 Å². The van der Waals surface area contributed by atoms with Gasteiger partial charge in [-0.05, 0) is 43.2 Å². The molecule has 0 aliphatic rings. The van der Waals surface area contributed by atoms with Gasteiger partial charge in [0.05, 0.1) is 17.0 Å². The number of carbonyl (C=O) groups excluding carboxylic acids is 1. The van der Waals surface area contributed by atoms with E-state index < -0.39 is 28.3 Å². The number of para-hydroxylation sites is 1. The van der Waals surface area contributed by atoms with Crippen LogP contribution in [0.3, 0.4) is 0 Å². The van der Waals surface area contributed by atoms with E-state index in [-0.39, 0.29) is 10.7 Å². The highest BCUT2D eigenvalue weighted by atomic mass is 35.5. The molecule has 0 aliphatic carbocycles. The van der Waals surface area contributed by atoms with Crippen LogP contribution in [-0.2, 0) is 14.8 Å². The van der Waals surface area contributed by atoms with E-state index in [9.17, 15) is 17.6 Å². The van der Waals surface area contributed by atoms with E-state index in [4.69, 9.17) is 11.6 Å². The summed E-state index contributed by atoms with van der Waals surface area (Å²) in [7, 11) is -3.68. The second-order valence-electron chi connectivity index (χ2n) is 5.69. The first-order chi connectivity index (χ1) is 11.6. The molecule has 2 aromatic rings. The highest BCUT2D eigenvalue weighted by Crippen LogP contribution is 2.27. The molecular formula is C17H18ClFN2O3S. The number of nitrogens with zero attached hydrogens (tertiary/aromatic N) is 1. The molecule has 5 nitrogen and oxygen atoms in total. The second kappa shape index (κ2) is 7.41. The molecule has 0 bridgehead atoms. The van der Waals surface area contributed by atoms with Crippen molar-refractivity contribution >= 4 is 38.9 Å². The average molecular weight is 385 g/mol. The summed E-state index contributed by atoms with van der Waals surface area (Å²) in [6.07, 6.45) is 1.04. The lowest BCUT2D eigenvalue weighted by atomic mass is 10.1. The lowest BCUT2D eigenvalue weighted by Gasteiger charge is -2.25. The molecular weight excluding hydrogens is 367 g/mol. The molecule has 0 saturated carbocycles. The molecule has 1 N–H and O–H groups in total. The molecule has 0 unspecified atom stereocenters. The minimum Gasteiger partial charge on any atom is -0.324 e. The van der Waals surface area contributed by atoms with Crippen LogP contribution in [0.2, 0.25) is 5.02 Å². The van der Waals surface area contributed by atoms with Crippen LogP contribution in [0.5, 0.6) is 0 Å². The number of hydrogen-bond donors (Lipinski definition) is 1. The number of amides is 1. The number of rotatable bonds is 5. The third-order valence-corrected chi connectivity index (χ3v) is 4.98. The van der Waals surface area contributed by atoms with Crippen LogP contribution in [0, 0.1) is 19.7 Å². The summed E-state index contributed by atoms with van der Waals surface area (Å²) < 4.78 is 38.6. The standard InChI is InChI=1S/C17H18ClFN2O3S/c1-11-5-4-6-12(2)17(11)21(25(3,23)24)10-16(22)20-13-7-8-15(19)14(18)9-13/h4-9H,10H2,1-3H3,(H,20,22). The Morgan fingerprint density at radius 1 is 1.20 bits per heavy atom. The smallest absolute Gasteiger partial charge is 0.245 e. The van der Waals surface area contributed by atoms with Crippen LogP contribution in [0.25, 0.3) is 0 Å². The number of aryl methyl sites for hydroxylation is 2. The first-order valence-corrected chi connectivity index (χ1v) is 9.61. The number of anilines is 2. The van der Waals surface area contributed by atoms with Gasteiger partial charge in [-0.3, -0.25) is 9.10 Å². The van der Waals surface area contributed by atoms with Crippen molar-refractivity contribution in [1.29, 1.82) is 0 Å². The van der Waals surface area contributed by atoms with Gasteiger partial charge in [-0.1, -0.05) is 29.8 Å². The van der Waals surface area contributed by atoms with Gasteiger partial charge in [-0.25, -0.2) is 12.8 Å². The predicted octanol–water partition coefficient (Wildman–Crippen LogP) is 3.50. The quantitative estimate of drug-likeness (QED) is 0.857. The van der Waals surface area contributed by atoms with E-state index in [0.29, 0.717) is 5.69 Å². The summed E-state index contributed by atoms with van der Waals surface area (Å²) in [5, 5.41) is 2.39. The number of carbonyl (C=O) groups is 1. The van der Waals surface area contributed by atoms with E-state index in [1.165, 1.54) is 12.1 Å². The Balaban J connectivity index is 2.29. The SMILES string of the molecule is Cc1cccc(C)c1N(CC(=O)Nc1ccc(F)c(Cl)c1)S(C)(=O)=O. The minimum atomic E-state index is -3.68. The van der Waals surface area contributed by atoms with Gasteiger partial charge in [-0.15, -0.1) is 0 Å². The van der Waals surface area contributed by atoms with Crippen LogP contribution in [-0.4, -0.2) is 27.1 Å². The molecule has 1 amide bonds. The van der Waals surface area contributed by atoms with Crippen molar-refractivity contribution in [2.75, 3.05) is 22.4 Å². The molecule has 0 spiro atoms. The van der Waals surface area contributed by atoms with Gasteiger partial charge in [0.2, 0.25) is 15.9 Å². The monoisotopic (exact) mass is 384 g/mol. The van der Waals surface area contributed by atoms with E-state index in [0.717, 1.165) is 27.8 Å². The van der Waals surface area contributed by atoms with Crippen molar-refractivity contribution in [1.82, 2.24) is 0 Å². The second-order valence-corrected chi connectivity index (χ2v) is 8.00. The number of sulfonamides is 1. The summed E-state index contributed by atoms with van der Waals surface area (Å²) in [5.74, 6) is -1.16. The van der Waals surface area contributed by atoms with Gasteiger partial charge < -0.3 is 5.32 Å². The van der Waals surface area contributed by atoms with Crippen molar-refractivity contribution in [3.05, 3.63) is 58.4 Å². The summed E-state index contributed by atoms with van der Waals surface area (Å²) in [6.45, 7) is 3.15. The number of hydrogen-bond acceptors (Lipinski definition) is 3. The van der Waals surface area contributed by atoms with Gasteiger partial charge in [0.25, 0.3) is 0 Å². The summed E-state index contributed by atoms with van der Waals surface area (Å²) in [4.78, 5) is 12.3. The van der Waals surface area contributed by atoms with Crippen molar-refractivity contribution in [2.45, 2.75) is 13.8 Å².